The third-order valence-electron chi connectivity index (χ3n) is 4.06. The van der Waals surface area contributed by atoms with E-state index in [0.717, 1.165) is 0 Å². The minimum atomic E-state index is -0.360. The molecule has 126 valence electrons. The molecule has 24 heavy (non-hydrogen) atoms. The van der Waals surface area contributed by atoms with Crippen molar-refractivity contribution in [3.8, 4) is 5.88 Å². The van der Waals surface area contributed by atoms with E-state index in [-0.39, 0.29) is 23.9 Å². The molecule has 1 aliphatic heterocycles. The number of aryl methyl sites for hydroxylation is 1. The van der Waals surface area contributed by atoms with Gasteiger partial charge in [-0.25, -0.2) is 9.97 Å². The predicted molar refractivity (Wildman–Crippen MR) is 85.4 cm³/mol. The van der Waals surface area contributed by atoms with Crippen molar-refractivity contribution in [3.63, 3.8) is 0 Å². The first kappa shape index (κ1) is 16.0. The Kier molecular flexibility index (Phi) is 4.45. The number of aromatic nitrogens is 3. The predicted octanol–water partition coefficient (Wildman–Crippen LogP) is 0.573. The summed E-state index contributed by atoms with van der Waals surface area (Å²) in [6, 6.07) is 2.69. The molecule has 8 heteroatoms. The maximum absolute atomic E-state index is 12.5. The fraction of sp³-hybridized carbons (Fsp3) is 0.375. The Hall–Kier alpha value is -2.90. The van der Waals surface area contributed by atoms with Crippen molar-refractivity contribution < 1.29 is 14.3 Å². The third-order valence-corrected chi connectivity index (χ3v) is 4.06. The lowest BCUT2D eigenvalue weighted by atomic mass is 9.96. The summed E-state index contributed by atoms with van der Waals surface area (Å²) < 4.78 is 6.83. The van der Waals surface area contributed by atoms with E-state index in [4.69, 9.17) is 4.74 Å². The van der Waals surface area contributed by atoms with Crippen LogP contribution in [-0.2, 0) is 11.8 Å². The highest BCUT2D eigenvalue weighted by Crippen LogP contribution is 2.23. The molecular formula is C16H19N5O3. The van der Waals surface area contributed by atoms with Gasteiger partial charge in [0, 0.05) is 38.1 Å². The summed E-state index contributed by atoms with van der Waals surface area (Å²) in [5.41, 5.74) is 0.436. The third kappa shape index (κ3) is 3.22. The SMILES string of the molecule is COc1ccc(C(=O)N[C@@H]2CCC(=O)N[C@H]2c2nccn2C)cn1. The standard InChI is InChI=1S/C16H19N5O3/c1-21-8-7-17-15(21)14-11(4-5-12(22)20-14)19-16(23)10-3-6-13(24-2)18-9-10/h3,6-9,11,14H,4-5H2,1-2H3,(H,19,23)(H,20,22)/t11-,14-/m1/s1. The number of carbonyl (C=O) groups is 2. The molecule has 0 bridgehead atoms. The van der Waals surface area contributed by atoms with E-state index in [0.29, 0.717) is 30.1 Å². The quantitative estimate of drug-likeness (QED) is 0.855. The van der Waals surface area contributed by atoms with E-state index in [1.54, 1.807) is 18.3 Å². The highest BCUT2D eigenvalue weighted by Gasteiger charge is 2.33. The number of ether oxygens (including phenoxy) is 1. The Morgan fingerprint density at radius 3 is 2.88 bits per heavy atom. The number of rotatable bonds is 4. The number of hydrogen-bond acceptors (Lipinski definition) is 5. The monoisotopic (exact) mass is 329 g/mol. The van der Waals surface area contributed by atoms with Crippen LogP contribution in [0.15, 0.2) is 30.7 Å². The molecule has 3 heterocycles. The maximum Gasteiger partial charge on any atom is 0.253 e. The van der Waals surface area contributed by atoms with Crippen LogP contribution in [0.3, 0.4) is 0 Å². The molecule has 3 rings (SSSR count). The van der Waals surface area contributed by atoms with Gasteiger partial charge in [-0.2, -0.15) is 0 Å². The molecule has 0 saturated carbocycles. The van der Waals surface area contributed by atoms with Crippen molar-refractivity contribution in [1.29, 1.82) is 0 Å². The van der Waals surface area contributed by atoms with Crippen molar-refractivity contribution in [2.24, 2.45) is 7.05 Å². The second-order valence-electron chi connectivity index (χ2n) is 5.65. The second kappa shape index (κ2) is 6.69. The summed E-state index contributed by atoms with van der Waals surface area (Å²) in [7, 11) is 3.37. The van der Waals surface area contributed by atoms with E-state index in [2.05, 4.69) is 20.6 Å². The van der Waals surface area contributed by atoms with Crippen molar-refractivity contribution in [2.75, 3.05) is 7.11 Å². The van der Waals surface area contributed by atoms with Gasteiger partial charge >= 0.3 is 0 Å². The summed E-state index contributed by atoms with van der Waals surface area (Å²) in [5, 5.41) is 5.88. The fourth-order valence-electron chi connectivity index (χ4n) is 2.76. The maximum atomic E-state index is 12.5. The van der Waals surface area contributed by atoms with Gasteiger partial charge in [0.15, 0.2) is 0 Å². The van der Waals surface area contributed by atoms with Gasteiger partial charge in [0.2, 0.25) is 11.8 Å². The number of nitrogens with zero attached hydrogens (tertiary/aromatic N) is 3. The lowest BCUT2D eigenvalue weighted by molar-refractivity contribution is -0.124. The summed E-state index contributed by atoms with van der Waals surface area (Å²) in [6.07, 6.45) is 5.86. The highest BCUT2D eigenvalue weighted by molar-refractivity contribution is 5.94. The molecule has 0 aliphatic carbocycles. The number of methoxy groups -OCH3 is 1. The van der Waals surface area contributed by atoms with E-state index in [9.17, 15) is 9.59 Å². The Balaban J connectivity index is 1.77. The first-order valence-electron chi connectivity index (χ1n) is 7.66. The summed E-state index contributed by atoms with van der Waals surface area (Å²) in [4.78, 5) is 32.6. The molecule has 0 radical (unpaired) electrons. The number of imidazole rings is 1. The number of pyridine rings is 1. The second-order valence-corrected chi connectivity index (χ2v) is 5.65. The van der Waals surface area contributed by atoms with Gasteiger partial charge in [0.25, 0.3) is 5.91 Å². The van der Waals surface area contributed by atoms with E-state index in [1.807, 2.05) is 17.8 Å². The van der Waals surface area contributed by atoms with Gasteiger partial charge in [0.1, 0.15) is 11.9 Å². The fourth-order valence-corrected chi connectivity index (χ4v) is 2.76. The van der Waals surface area contributed by atoms with Crippen molar-refractivity contribution in [1.82, 2.24) is 25.2 Å². The Bertz CT molecular complexity index is 740. The molecule has 2 aromatic rings. The molecule has 2 atom stereocenters. The van der Waals surface area contributed by atoms with Gasteiger partial charge in [-0.1, -0.05) is 0 Å². The Morgan fingerprint density at radius 1 is 1.42 bits per heavy atom. The zero-order valence-electron chi connectivity index (χ0n) is 13.5. The first-order valence-corrected chi connectivity index (χ1v) is 7.66. The van der Waals surface area contributed by atoms with E-state index in [1.165, 1.54) is 13.3 Å². The number of piperidine rings is 1. The van der Waals surface area contributed by atoms with Crippen LogP contribution < -0.4 is 15.4 Å². The molecule has 1 fully saturated rings. The Labute approximate surface area is 139 Å². The van der Waals surface area contributed by atoms with Crippen LogP contribution in [0.4, 0.5) is 0 Å². The van der Waals surface area contributed by atoms with Crippen LogP contribution in [0, 0.1) is 0 Å². The number of carbonyl (C=O) groups excluding carboxylic acids is 2. The topological polar surface area (TPSA) is 98.1 Å². The number of amides is 2. The van der Waals surface area contributed by atoms with E-state index < -0.39 is 0 Å². The van der Waals surface area contributed by atoms with Crippen LogP contribution in [0.2, 0.25) is 0 Å². The van der Waals surface area contributed by atoms with Crippen LogP contribution in [0.1, 0.15) is 35.1 Å². The highest BCUT2D eigenvalue weighted by atomic mass is 16.5. The lowest BCUT2D eigenvalue weighted by Gasteiger charge is -2.32. The molecule has 1 saturated heterocycles. The smallest absolute Gasteiger partial charge is 0.253 e. The van der Waals surface area contributed by atoms with Gasteiger partial charge in [0.05, 0.1) is 18.7 Å². The lowest BCUT2D eigenvalue weighted by Crippen LogP contribution is -2.50. The minimum Gasteiger partial charge on any atom is -0.481 e. The average Bonchev–Trinajstić information content (AvgIpc) is 3.02. The number of nitrogens with one attached hydrogen (secondary N) is 2. The van der Waals surface area contributed by atoms with Crippen LogP contribution in [-0.4, -0.2) is 39.5 Å². The van der Waals surface area contributed by atoms with Gasteiger partial charge < -0.3 is 19.9 Å². The van der Waals surface area contributed by atoms with Crippen molar-refractivity contribution in [3.05, 3.63) is 42.1 Å². The Morgan fingerprint density at radius 2 is 2.25 bits per heavy atom. The minimum absolute atomic E-state index is 0.0420. The summed E-state index contributed by atoms with van der Waals surface area (Å²) >= 11 is 0. The van der Waals surface area contributed by atoms with Gasteiger partial charge in [-0.15, -0.1) is 0 Å². The molecule has 2 aromatic heterocycles. The summed E-state index contributed by atoms with van der Waals surface area (Å²) in [5.74, 6) is 0.869. The van der Waals surface area contributed by atoms with Crippen LogP contribution in [0.5, 0.6) is 5.88 Å². The zero-order valence-corrected chi connectivity index (χ0v) is 13.5. The molecule has 0 unspecified atom stereocenters. The zero-order chi connectivity index (χ0) is 17.1. The van der Waals surface area contributed by atoms with Crippen molar-refractivity contribution in [2.45, 2.75) is 24.9 Å². The molecule has 2 amide bonds. The molecule has 2 N–H and O–H groups in total. The van der Waals surface area contributed by atoms with Crippen molar-refractivity contribution >= 4 is 11.8 Å². The van der Waals surface area contributed by atoms with Crippen LogP contribution in [0.25, 0.3) is 0 Å². The molecule has 0 aromatic carbocycles. The molecule has 8 nitrogen and oxygen atoms in total. The largest absolute Gasteiger partial charge is 0.481 e. The van der Waals surface area contributed by atoms with Gasteiger partial charge in [-0.3, -0.25) is 9.59 Å². The van der Waals surface area contributed by atoms with E-state index >= 15 is 0 Å². The number of hydrogen-bond donors (Lipinski definition) is 2. The first-order chi connectivity index (χ1) is 11.6. The molecule has 0 spiro atoms. The molecule has 1 aliphatic rings. The van der Waals surface area contributed by atoms with Gasteiger partial charge in [-0.05, 0) is 12.5 Å². The normalized spacial score (nSPS) is 20.3. The van der Waals surface area contributed by atoms with Crippen LogP contribution >= 0.6 is 0 Å². The average molecular weight is 329 g/mol. The molecular weight excluding hydrogens is 310 g/mol. The summed E-state index contributed by atoms with van der Waals surface area (Å²) in [6.45, 7) is 0.